The summed E-state index contributed by atoms with van der Waals surface area (Å²) in [6.07, 6.45) is 1.78. The molecule has 0 spiro atoms. The molecular formula is C25H22N6O2. The van der Waals surface area contributed by atoms with E-state index in [-0.39, 0.29) is 12.0 Å². The fourth-order valence-electron chi connectivity index (χ4n) is 4.09. The molecule has 3 N–H and O–H groups in total. The number of guanidine groups is 1. The molecule has 1 aliphatic heterocycles. The number of benzene rings is 3. The molecule has 1 atom stereocenters. The molecule has 164 valence electrons. The fourth-order valence-corrected chi connectivity index (χ4v) is 4.09. The van der Waals surface area contributed by atoms with Crippen molar-refractivity contribution < 1.29 is 9.26 Å². The number of hydrogen-bond acceptors (Lipinski definition) is 6. The van der Waals surface area contributed by atoms with Gasteiger partial charge in [-0.05, 0) is 59.5 Å². The van der Waals surface area contributed by atoms with Crippen molar-refractivity contribution in [3.8, 4) is 23.2 Å². The van der Waals surface area contributed by atoms with E-state index in [2.05, 4.69) is 16.2 Å². The van der Waals surface area contributed by atoms with Gasteiger partial charge in [-0.15, -0.1) is 0 Å². The van der Waals surface area contributed by atoms with Gasteiger partial charge in [0.25, 0.3) is 0 Å². The summed E-state index contributed by atoms with van der Waals surface area (Å²) in [5.41, 5.74) is 8.17. The molecule has 1 unspecified atom stereocenters. The van der Waals surface area contributed by atoms with E-state index >= 15 is 0 Å². The van der Waals surface area contributed by atoms with E-state index in [9.17, 15) is 0 Å². The molecule has 1 saturated heterocycles. The topological polar surface area (TPSA) is 125 Å². The number of aromatic nitrogens is 2. The highest BCUT2D eigenvalue weighted by atomic mass is 16.5. The van der Waals surface area contributed by atoms with Crippen LogP contribution in [0.3, 0.4) is 0 Å². The first-order chi connectivity index (χ1) is 16.1. The van der Waals surface area contributed by atoms with Gasteiger partial charge in [0.2, 0.25) is 11.7 Å². The minimum atomic E-state index is -0.139. The van der Waals surface area contributed by atoms with E-state index < -0.39 is 0 Å². The van der Waals surface area contributed by atoms with Crippen molar-refractivity contribution in [3.63, 3.8) is 0 Å². The maximum absolute atomic E-state index is 8.90. The van der Waals surface area contributed by atoms with Gasteiger partial charge >= 0.3 is 0 Å². The molecule has 0 amide bonds. The van der Waals surface area contributed by atoms with Gasteiger partial charge in [-0.2, -0.15) is 10.2 Å². The number of hydrogen-bond donors (Lipinski definition) is 2. The van der Waals surface area contributed by atoms with Crippen LogP contribution in [0.1, 0.15) is 35.9 Å². The number of nitrogens with zero attached hydrogens (tertiary/aromatic N) is 4. The third-order valence-corrected chi connectivity index (χ3v) is 5.85. The summed E-state index contributed by atoms with van der Waals surface area (Å²) < 4.78 is 11.4. The van der Waals surface area contributed by atoms with Crippen LogP contribution in [0.25, 0.3) is 22.2 Å². The van der Waals surface area contributed by atoms with Crippen LogP contribution < -0.4 is 10.5 Å². The summed E-state index contributed by atoms with van der Waals surface area (Å²) in [5, 5.41) is 22.9. The summed E-state index contributed by atoms with van der Waals surface area (Å²) in [5.74, 6) is 1.81. The van der Waals surface area contributed by atoms with Crippen molar-refractivity contribution in [2.24, 2.45) is 5.73 Å². The minimum Gasteiger partial charge on any atom is -0.489 e. The predicted octanol–water partition coefficient (Wildman–Crippen LogP) is 4.37. The van der Waals surface area contributed by atoms with Crippen LogP contribution >= 0.6 is 0 Å². The lowest BCUT2D eigenvalue weighted by atomic mass is 10.1. The van der Waals surface area contributed by atoms with E-state index in [1.165, 1.54) is 0 Å². The molecule has 0 bridgehead atoms. The molecule has 3 aromatic carbocycles. The average Bonchev–Trinajstić information content (AvgIpc) is 3.52. The first kappa shape index (κ1) is 20.5. The van der Waals surface area contributed by atoms with Gasteiger partial charge in [0.1, 0.15) is 18.4 Å². The van der Waals surface area contributed by atoms with Crippen LogP contribution in [0.15, 0.2) is 65.2 Å². The lowest BCUT2D eigenvalue weighted by Crippen LogP contribution is -2.35. The molecule has 0 radical (unpaired) electrons. The second-order valence-electron chi connectivity index (χ2n) is 8.01. The normalized spacial score (nSPS) is 15.5. The zero-order valence-corrected chi connectivity index (χ0v) is 17.9. The van der Waals surface area contributed by atoms with E-state index in [4.69, 9.17) is 25.7 Å². The van der Waals surface area contributed by atoms with Gasteiger partial charge in [-0.25, -0.2) is 0 Å². The summed E-state index contributed by atoms with van der Waals surface area (Å²) in [7, 11) is 0. The Morgan fingerprint density at radius 3 is 2.73 bits per heavy atom. The maximum atomic E-state index is 8.90. The SMILES string of the molecule is N#Cc1ccc(COc2ccc3cc(-c4noc(C5CCCN5C(=N)N)n4)ccc3c2)cc1. The number of ether oxygens (including phenoxy) is 1. The van der Waals surface area contributed by atoms with Crippen LogP contribution in [-0.4, -0.2) is 27.5 Å². The zero-order chi connectivity index (χ0) is 22.8. The lowest BCUT2D eigenvalue weighted by molar-refractivity contribution is 0.283. The van der Waals surface area contributed by atoms with Crippen molar-refractivity contribution in [1.29, 1.82) is 10.7 Å². The quantitative estimate of drug-likeness (QED) is 0.350. The van der Waals surface area contributed by atoms with Gasteiger partial charge in [0.05, 0.1) is 11.6 Å². The predicted molar refractivity (Wildman–Crippen MR) is 123 cm³/mol. The van der Waals surface area contributed by atoms with Gasteiger partial charge in [0.15, 0.2) is 5.96 Å². The first-order valence-corrected chi connectivity index (χ1v) is 10.7. The number of fused-ring (bicyclic) bond motifs is 1. The van der Waals surface area contributed by atoms with Crippen molar-refractivity contribution in [2.75, 3.05) is 6.54 Å². The van der Waals surface area contributed by atoms with Crippen LogP contribution in [0.4, 0.5) is 0 Å². The van der Waals surface area contributed by atoms with Gasteiger partial charge < -0.3 is 19.9 Å². The smallest absolute Gasteiger partial charge is 0.249 e. The van der Waals surface area contributed by atoms with Crippen LogP contribution in [0.5, 0.6) is 5.75 Å². The standard InChI is InChI=1S/C25H22N6O2/c26-14-16-3-5-17(6-4-16)15-32-21-10-9-18-12-20(8-7-19(18)13-21)23-29-24(33-30-23)22-2-1-11-31(22)25(27)28/h3-10,12-13,22H,1-2,11,15H2,(H3,27,28). The molecule has 8 heteroatoms. The van der Waals surface area contributed by atoms with E-state index in [0.717, 1.165) is 47.0 Å². The Kier molecular flexibility index (Phi) is 5.37. The first-order valence-electron chi connectivity index (χ1n) is 10.7. The van der Waals surface area contributed by atoms with Gasteiger partial charge in [-0.1, -0.05) is 35.5 Å². The monoisotopic (exact) mass is 438 g/mol. The molecule has 8 nitrogen and oxygen atoms in total. The summed E-state index contributed by atoms with van der Waals surface area (Å²) in [6.45, 7) is 1.16. The highest BCUT2D eigenvalue weighted by molar-refractivity contribution is 5.87. The number of nitriles is 1. The Labute approximate surface area is 190 Å². The van der Waals surface area contributed by atoms with Crippen molar-refractivity contribution in [3.05, 3.63) is 77.7 Å². The van der Waals surface area contributed by atoms with E-state index in [1.54, 1.807) is 17.0 Å². The van der Waals surface area contributed by atoms with Crippen LogP contribution in [-0.2, 0) is 6.61 Å². The van der Waals surface area contributed by atoms with Crippen molar-refractivity contribution >= 4 is 16.7 Å². The largest absolute Gasteiger partial charge is 0.489 e. The Morgan fingerprint density at radius 1 is 1.15 bits per heavy atom. The summed E-state index contributed by atoms with van der Waals surface area (Å²) in [4.78, 5) is 6.37. The van der Waals surface area contributed by atoms with Gasteiger partial charge in [-0.3, -0.25) is 5.41 Å². The molecule has 1 aromatic heterocycles. The summed E-state index contributed by atoms with van der Waals surface area (Å²) in [6, 6.07) is 21.2. The molecule has 33 heavy (non-hydrogen) atoms. The second-order valence-corrected chi connectivity index (χ2v) is 8.01. The Balaban J connectivity index is 1.31. The molecule has 5 rings (SSSR count). The second kappa shape index (κ2) is 8.63. The number of nitrogens with one attached hydrogen (secondary N) is 1. The molecule has 0 aliphatic carbocycles. The van der Waals surface area contributed by atoms with E-state index in [0.29, 0.717) is 23.9 Å². The highest BCUT2D eigenvalue weighted by Gasteiger charge is 2.31. The minimum absolute atomic E-state index is 0.0279. The molecule has 2 heterocycles. The van der Waals surface area contributed by atoms with Crippen LogP contribution in [0, 0.1) is 16.7 Å². The Hall–Kier alpha value is -4.38. The molecule has 1 aliphatic rings. The van der Waals surface area contributed by atoms with Gasteiger partial charge in [0, 0.05) is 12.1 Å². The fraction of sp³-hybridized carbons (Fsp3) is 0.200. The number of rotatable bonds is 5. The third-order valence-electron chi connectivity index (χ3n) is 5.85. The average molecular weight is 438 g/mol. The lowest BCUT2D eigenvalue weighted by Gasteiger charge is -2.21. The van der Waals surface area contributed by atoms with Crippen molar-refractivity contribution in [2.45, 2.75) is 25.5 Å². The number of nitrogens with two attached hydrogens (primary N) is 1. The number of likely N-dealkylation sites (tertiary alicyclic amines) is 1. The highest BCUT2D eigenvalue weighted by Crippen LogP contribution is 2.32. The maximum Gasteiger partial charge on any atom is 0.249 e. The van der Waals surface area contributed by atoms with E-state index in [1.807, 2.05) is 48.5 Å². The zero-order valence-electron chi connectivity index (χ0n) is 17.9. The Morgan fingerprint density at radius 2 is 1.94 bits per heavy atom. The van der Waals surface area contributed by atoms with Crippen molar-refractivity contribution in [1.82, 2.24) is 15.0 Å². The molecule has 1 fully saturated rings. The third kappa shape index (κ3) is 4.21. The molecule has 4 aromatic rings. The Bertz CT molecular complexity index is 1360. The molecular weight excluding hydrogens is 416 g/mol. The van der Waals surface area contributed by atoms with Crippen LogP contribution in [0.2, 0.25) is 0 Å². The molecule has 0 saturated carbocycles. The summed E-state index contributed by atoms with van der Waals surface area (Å²) >= 11 is 0.